The second-order valence-electron chi connectivity index (χ2n) is 4.49. The van der Waals surface area contributed by atoms with Gasteiger partial charge in [-0.1, -0.05) is 29.8 Å². The van der Waals surface area contributed by atoms with E-state index in [9.17, 15) is 8.42 Å². The van der Waals surface area contributed by atoms with Gasteiger partial charge in [0.25, 0.3) is 0 Å². The molecule has 2 unspecified atom stereocenters. The molecule has 102 valence electrons. The summed E-state index contributed by atoms with van der Waals surface area (Å²) in [5, 5.41) is 4.30. The molecule has 1 N–H and O–H groups in total. The van der Waals surface area contributed by atoms with Crippen LogP contribution in [0.4, 0.5) is 5.69 Å². The number of halogens is 1. The first-order valence-corrected chi connectivity index (χ1v) is 8.83. The SMILES string of the molecule is CCS(=O)(=O)c1ccc(NC(C)C(C)CBr)cc1. The van der Waals surface area contributed by atoms with Crippen LogP contribution in [0.15, 0.2) is 29.2 Å². The number of hydrogen-bond acceptors (Lipinski definition) is 3. The third-order valence-electron chi connectivity index (χ3n) is 3.08. The van der Waals surface area contributed by atoms with Gasteiger partial charge in [-0.25, -0.2) is 8.42 Å². The molecule has 0 amide bonds. The van der Waals surface area contributed by atoms with Crippen molar-refractivity contribution in [3.63, 3.8) is 0 Å². The van der Waals surface area contributed by atoms with Crippen molar-refractivity contribution in [2.24, 2.45) is 5.92 Å². The van der Waals surface area contributed by atoms with Crippen LogP contribution in [-0.4, -0.2) is 25.5 Å². The lowest BCUT2D eigenvalue weighted by atomic mass is 10.1. The standard InChI is InChI=1S/C13H20BrNO2S/c1-4-18(16,17)13-7-5-12(6-8-13)15-11(3)10(2)9-14/h5-8,10-11,15H,4,9H2,1-3H3. The lowest BCUT2D eigenvalue weighted by Gasteiger charge is -2.20. The summed E-state index contributed by atoms with van der Waals surface area (Å²) in [6, 6.07) is 7.29. The van der Waals surface area contributed by atoms with Gasteiger partial charge in [-0.2, -0.15) is 0 Å². The Bertz CT molecular complexity index is 470. The number of anilines is 1. The maximum Gasteiger partial charge on any atom is 0.178 e. The predicted octanol–water partition coefficient (Wildman–Crippen LogP) is 3.31. The van der Waals surface area contributed by atoms with Crippen molar-refractivity contribution in [1.82, 2.24) is 0 Å². The van der Waals surface area contributed by atoms with E-state index in [0.29, 0.717) is 16.9 Å². The second kappa shape index (κ2) is 6.57. The molecule has 0 heterocycles. The Morgan fingerprint density at radius 1 is 1.22 bits per heavy atom. The fourth-order valence-electron chi connectivity index (χ4n) is 1.46. The summed E-state index contributed by atoms with van der Waals surface area (Å²) in [5.74, 6) is 0.639. The molecule has 0 saturated carbocycles. The first-order chi connectivity index (χ1) is 8.40. The summed E-state index contributed by atoms with van der Waals surface area (Å²) in [6.45, 7) is 5.92. The van der Waals surface area contributed by atoms with E-state index in [-0.39, 0.29) is 5.75 Å². The normalized spacial score (nSPS) is 15.1. The number of sulfone groups is 1. The molecule has 0 aromatic heterocycles. The summed E-state index contributed by atoms with van der Waals surface area (Å²) in [6.07, 6.45) is 0. The average Bonchev–Trinajstić information content (AvgIpc) is 2.38. The maximum absolute atomic E-state index is 11.7. The fourth-order valence-corrected chi connectivity index (χ4v) is 2.91. The molecule has 0 fully saturated rings. The lowest BCUT2D eigenvalue weighted by molar-refractivity contribution is 0.572. The van der Waals surface area contributed by atoms with Crippen molar-refractivity contribution in [1.29, 1.82) is 0 Å². The largest absolute Gasteiger partial charge is 0.382 e. The van der Waals surface area contributed by atoms with Crippen LogP contribution < -0.4 is 5.32 Å². The van der Waals surface area contributed by atoms with Crippen molar-refractivity contribution in [3.05, 3.63) is 24.3 Å². The van der Waals surface area contributed by atoms with E-state index in [0.717, 1.165) is 11.0 Å². The van der Waals surface area contributed by atoms with Crippen LogP contribution in [0, 0.1) is 5.92 Å². The number of nitrogens with one attached hydrogen (secondary N) is 1. The van der Waals surface area contributed by atoms with Gasteiger partial charge in [0.15, 0.2) is 9.84 Å². The summed E-state index contributed by atoms with van der Waals surface area (Å²) in [5.41, 5.74) is 0.949. The summed E-state index contributed by atoms with van der Waals surface area (Å²) < 4.78 is 23.3. The highest BCUT2D eigenvalue weighted by molar-refractivity contribution is 9.09. The Hall–Kier alpha value is -0.550. The molecule has 0 aliphatic heterocycles. The quantitative estimate of drug-likeness (QED) is 0.812. The Kier molecular flexibility index (Phi) is 5.66. The molecular weight excluding hydrogens is 314 g/mol. The number of rotatable bonds is 6. The first kappa shape index (κ1) is 15.5. The highest BCUT2D eigenvalue weighted by Gasteiger charge is 2.13. The summed E-state index contributed by atoms with van der Waals surface area (Å²) in [4.78, 5) is 0.386. The molecule has 1 aromatic rings. The van der Waals surface area contributed by atoms with Crippen LogP contribution in [-0.2, 0) is 9.84 Å². The third-order valence-corrected chi connectivity index (χ3v) is 5.86. The van der Waals surface area contributed by atoms with E-state index in [2.05, 4.69) is 35.1 Å². The molecule has 1 aromatic carbocycles. The predicted molar refractivity (Wildman–Crippen MR) is 80.2 cm³/mol. The minimum atomic E-state index is -3.10. The molecule has 0 aliphatic rings. The number of alkyl halides is 1. The van der Waals surface area contributed by atoms with E-state index in [4.69, 9.17) is 0 Å². The molecule has 1 rings (SSSR count). The van der Waals surface area contributed by atoms with Crippen LogP contribution in [0.5, 0.6) is 0 Å². The van der Waals surface area contributed by atoms with Crippen molar-refractivity contribution in [2.45, 2.75) is 31.7 Å². The van der Waals surface area contributed by atoms with Crippen LogP contribution in [0.2, 0.25) is 0 Å². The Morgan fingerprint density at radius 2 is 1.78 bits per heavy atom. The smallest absolute Gasteiger partial charge is 0.178 e. The Labute approximate surface area is 118 Å². The molecule has 0 saturated heterocycles. The van der Waals surface area contributed by atoms with E-state index in [1.807, 2.05) is 12.1 Å². The van der Waals surface area contributed by atoms with Gasteiger partial charge < -0.3 is 5.32 Å². The molecule has 0 spiro atoms. The van der Waals surface area contributed by atoms with E-state index in [1.54, 1.807) is 19.1 Å². The maximum atomic E-state index is 11.7. The van der Waals surface area contributed by atoms with Gasteiger partial charge in [-0.3, -0.25) is 0 Å². The molecule has 2 atom stereocenters. The lowest BCUT2D eigenvalue weighted by Crippen LogP contribution is -2.24. The highest BCUT2D eigenvalue weighted by atomic mass is 79.9. The molecule has 0 aliphatic carbocycles. The second-order valence-corrected chi connectivity index (χ2v) is 7.42. The number of benzene rings is 1. The van der Waals surface area contributed by atoms with Gasteiger partial charge >= 0.3 is 0 Å². The van der Waals surface area contributed by atoms with Crippen molar-refractivity contribution >= 4 is 31.5 Å². The van der Waals surface area contributed by atoms with Crippen molar-refractivity contribution in [2.75, 3.05) is 16.4 Å². The van der Waals surface area contributed by atoms with Crippen molar-refractivity contribution in [3.8, 4) is 0 Å². The van der Waals surface area contributed by atoms with Gasteiger partial charge in [-0.15, -0.1) is 0 Å². The van der Waals surface area contributed by atoms with Gasteiger partial charge in [0.05, 0.1) is 10.6 Å². The van der Waals surface area contributed by atoms with E-state index < -0.39 is 9.84 Å². The number of hydrogen-bond donors (Lipinski definition) is 1. The van der Waals surface area contributed by atoms with Crippen molar-refractivity contribution < 1.29 is 8.42 Å². The highest BCUT2D eigenvalue weighted by Crippen LogP contribution is 2.18. The zero-order valence-electron chi connectivity index (χ0n) is 11.0. The zero-order valence-corrected chi connectivity index (χ0v) is 13.4. The zero-order chi connectivity index (χ0) is 13.8. The van der Waals surface area contributed by atoms with Crippen LogP contribution in [0.1, 0.15) is 20.8 Å². The minimum absolute atomic E-state index is 0.136. The Morgan fingerprint density at radius 3 is 2.22 bits per heavy atom. The topological polar surface area (TPSA) is 46.2 Å². The minimum Gasteiger partial charge on any atom is -0.382 e. The van der Waals surface area contributed by atoms with Gasteiger partial charge in [0, 0.05) is 17.1 Å². The van der Waals surface area contributed by atoms with Crippen LogP contribution in [0.25, 0.3) is 0 Å². The molecule has 3 nitrogen and oxygen atoms in total. The van der Waals surface area contributed by atoms with E-state index in [1.165, 1.54) is 0 Å². The average molecular weight is 334 g/mol. The monoisotopic (exact) mass is 333 g/mol. The van der Waals surface area contributed by atoms with Gasteiger partial charge in [0.1, 0.15) is 0 Å². The molecule has 0 bridgehead atoms. The van der Waals surface area contributed by atoms with Gasteiger partial charge in [-0.05, 0) is 37.1 Å². The molecule has 0 radical (unpaired) electrons. The first-order valence-electron chi connectivity index (χ1n) is 6.06. The van der Waals surface area contributed by atoms with Gasteiger partial charge in [0.2, 0.25) is 0 Å². The Balaban J connectivity index is 2.78. The molecule has 5 heteroatoms. The van der Waals surface area contributed by atoms with Crippen LogP contribution in [0.3, 0.4) is 0 Å². The fraction of sp³-hybridized carbons (Fsp3) is 0.538. The third kappa shape index (κ3) is 3.99. The van der Waals surface area contributed by atoms with Crippen LogP contribution >= 0.6 is 15.9 Å². The summed E-state index contributed by atoms with van der Waals surface area (Å²) >= 11 is 3.46. The summed E-state index contributed by atoms with van der Waals surface area (Å²) in [7, 11) is -3.10. The molecule has 18 heavy (non-hydrogen) atoms. The van der Waals surface area contributed by atoms with E-state index >= 15 is 0 Å². The molecular formula is C13H20BrNO2S.